The summed E-state index contributed by atoms with van der Waals surface area (Å²) in [5, 5.41) is 9.77. The van der Waals surface area contributed by atoms with Crippen molar-refractivity contribution in [2.45, 2.75) is 31.7 Å². The largest absolute Gasteiger partial charge is 0.396 e. The van der Waals surface area contributed by atoms with Crippen LogP contribution in [0, 0.1) is 5.92 Å². The SMILES string of the molecule is CN(C(=O)c1nc2ccccc2s1)C1CCC(CO)CC1. The molecule has 1 N–H and O–H groups in total. The molecule has 0 aliphatic heterocycles. The monoisotopic (exact) mass is 304 g/mol. The summed E-state index contributed by atoms with van der Waals surface area (Å²) < 4.78 is 1.05. The fourth-order valence-electron chi connectivity index (χ4n) is 3.00. The Morgan fingerprint density at radius 1 is 1.33 bits per heavy atom. The quantitative estimate of drug-likeness (QED) is 0.948. The topological polar surface area (TPSA) is 53.4 Å². The number of carbonyl (C=O) groups excluding carboxylic acids is 1. The molecule has 1 fully saturated rings. The van der Waals surface area contributed by atoms with E-state index in [0.717, 1.165) is 35.9 Å². The summed E-state index contributed by atoms with van der Waals surface area (Å²) >= 11 is 1.46. The zero-order valence-electron chi connectivity index (χ0n) is 12.2. The molecule has 1 aliphatic rings. The van der Waals surface area contributed by atoms with Crippen LogP contribution in [0.1, 0.15) is 35.5 Å². The molecule has 1 saturated carbocycles. The number of hydrogen-bond acceptors (Lipinski definition) is 4. The summed E-state index contributed by atoms with van der Waals surface area (Å²) in [5.41, 5.74) is 0.892. The molecule has 112 valence electrons. The van der Waals surface area contributed by atoms with E-state index in [1.54, 1.807) is 0 Å². The van der Waals surface area contributed by atoms with Gasteiger partial charge in [-0.05, 0) is 43.7 Å². The Balaban J connectivity index is 1.72. The molecule has 0 saturated heterocycles. The van der Waals surface area contributed by atoms with Gasteiger partial charge < -0.3 is 10.0 Å². The average molecular weight is 304 g/mol. The van der Waals surface area contributed by atoms with E-state index in [1.165, 1.54) is 11.3 Å². The van der Waals surface area contributed by atoms with Crippen LogP contribution >= 0.6 is 11.3 Å². The molecule has 1 amide bonds. The third kappa shape index (κ3) is 2.94. The van der Waals surface area contributed by atoms with E-state index >= 15 is 0 Å². The molecule has 0 spiro atoms. The van der Waals surface area contributed by atoms with Gasteiger partial charge in [-0.15, -0.1) is 11.3 Å². The van der Waals surface area contributed by atoms with Gasteiger partial charge in [0.15, 0.2) is 5.01 Å². The minimum absolute atomic E-state index is 0.0173. The van der Waals surface area contributed by atoms with Gasteiger partial charge in [0.05, 0.1) is 10.2 Å². The lowest BCUT2D eigenvalue weighted by Crippen LogP contribution is -2.39. The second-order valence-electron chi connectivity index (χ2n) is 5.76. The first-order valence-corrected chi connectivity index (χ1v) is 8.24. The molecule has 4 nitrogen and oxygen atoms in total. The number of fused-ring (bicyclic) bond motifs is 1. The van der Waals surface area contributed by atoms with Crippen LogP contribution in [0.15, 0.2) is 24.3 Å². The van der Waals surface area contributed by atoms with Crippen molar-refractivity contribution < 1.29 is 9.90 Å². The van der Waals surface area contributed by atoms with E-state index in [9.17, 15) is 9.90 Å². The van der Waals surface area contributed by atoms with Crippen LogP contribution in [0.4, 0.5) is 0 Å². The van der Waals surface area contributed by atoms with Gasteiger partial charge in [-0.2, -0.15) is 0 Å². The molecule has 1 aromatic heterocycles. The molecule has 1 aromatic carbocycles. The summed E-state index contributed by atoms with van der Waals surface area (Å²) in [4.78, 5) is 18.9. The number of aliphatic hydroxyl groups excluding tert-OH is 1. The number of benzene rings is 1. The number of carbonyl (C=O) groups is 1. The van der Waals surface area contributed by atoms with Crippen molar-refractivity contribution in [3.63, 3.8) is 0 Å². The van der Waals surface area contributed by atoms with Crippen molar-refractivity contribution in [3.8, 4) is 0 Å². The third-order valence-electron chi connectivity index (χ3n) is 4.42. The van der Waals surface area contributed by atoms with E-state index in [0.29, 0.717) is 10.9 Å². The van der Waals surface area contributed by atoms with E-state index in [2.05, 4.69) is 4.98 Å². The van der Waals surface area contributed by atoms with E-state index in [1.807, 2.05) is 36.2 Å². The first kappa shape index (κ1) is 14.5. The molecular weight excluding hydrogens is 284 g/mol. The molecule has 21 heavy (non-hydrogen) atoms. The highest BCUT2D eigenvalue weighted by molar-refractivity contribution is 7.20. The summed E-state index contributed by atoms with van der Waals surface area (Å²) in [6.07, 6.45) is 3.94. The van der Waals surface area contributed by atoms with Gasteiger partial charge in [0, 0.05) is 19.7 Å². The molecule has 0 unspecified atom stereocenters. The second kappa shape index (κ2) is 6.12. The van der Waals surface area contributed by atoms with Crippen LogP contribution in [-0.2, 0) is 0 Å². The molecule has 1 heterocycles. The lowest BCUT2D eigenvalue weighted by atomic mass is 9.86. The Morgan fingerprint density at radius 3 is 2.71 bits per heavy atom. The number of nitrogens with zero attached hydrogens (tertiary/aromatic N) is 2. The predicted molar refractivity (Wildman–Crippen MR) is 84.5 cm³/mol. The zero-order valence-corrected chi connectivity index (χ0v) is 13.0. The zero-order chi connectivity index (χ0) is 14.8. The summed E-state index contributed by atoms with van der Waals surface area (Å²) in [5.74, 6) is 0.427. The van der Waals surface area contributed by atoms with Crippen molar-refractivity contribution >= 4 is 27.5 Å². The molecule has 2 aromatic rings. The Kier molecular flexibility index (Phi) is 4.22. The van der Waals surface area contributed by atoms with E-state index < -0.39 is 0 Å². The normalized spacial score (nSPS) is 22.4. The smallest absolute Gasteiger partial charge is 0.282 e. The van der Waals surface area contributed by atoms with Gasteiger partial charge in [-0.1, -0.05) is 12.1 Å². The number of hydrogen-bond donors (Lipinski definition) is 1. The van der Waals surface area contributed by atoms with Gasteiger partial charge in [-0.25, -0.2) is 4.98 Å². The van der Waals surface area contributed by atoms with Crippen molar-refractivity contribution in [3.05, 3.63) is 29.3 Å². The Bertz CT molecular complexity index is 599. The Hall–Kier alpha value is -1.46. The van der Waals surface area contributed by atoms with Crippen molar-refractivity contribution in [2.24, 2.45) is 5.92 Å². The maximum atomic E-state index is 12.6. The standard InChI is InChI=1S/C16H20N2O2S/c1-18(12-8-6-11(10-19)7-9-12)16(20)15-17-13-4-2-3-5-14(13)21-15/h2-5,11-12,19H,6-10H2,1H3. The lowest BCUT2D eigenvalue weighted by Gasteiger charge is -2.33. The predicted octanol–water partition coefficient (Wildman–Crippen LogP) is 2.92. The van der Waals surface area contributed by atoms with Crippen LogP contribution in [0.25, 0.3) is 10.2 Å². The number of thiazole rings is 1. The number of amides is 1. The highest BCUT2D eigenvalue weighted by Crippen LogP contribution is 2.29. The summed E-state index contributed by atoms with van der Waals surface area (Å²) in [7, 11) is 1.87. The molecule has 3 rings (SSSR count). The molecule has 0 bridgehead atoms. The number of aromatic nitrogens is 1. The maximum Gasteiger partial charge on any atom is 0.282 e. The van der Waals surface area contributed by atoms with Crippen molar-refractivity contribution in [2.75, 3.05) is 13.7 Å². The van der Waals surface area contributed by atoms with E-state index in [-0.39, 0.29) is 18.6 Å². The number of para-hydroxylation sites is 1. The fourth-order valence-corrected chi connectivity index (χ4v) is 3.94. The third-order valence-corrected chi connectivity index (χ3v) is 5.44. The van der Waals surface area contributed by atoms with Crippen LogP contribution in [0.3, 0.4) is 0 Å². The minimum Gasteiger partial charge on any atom is -0.396 e. The molecular formula is C16H20N2O2S. The molecule has 0 atom stereocenters. The average Bonchev–Trinajstić information content (AvgIpc) is 2.97. The van der Waals surface area contributed by atoms with Crippen LogP contribution < -0.4 is 0 Å². The number of rotatable bonds is 3. The Morgan fingerprint density at radius 2 is 2.05 bits per heavy atom. The van der Waals surface area contributed by atoms with Crippen molar-refractivity contribution in [1.29, 1.82) is 0 Å². The number of aliphatic hydroxyl groups is 1. The summed E-state index contributed by atoms with van der Waals surface area (Å²) in [6, 6.07) is 8.11. The highest BCUT2D eigenvalue weighted by Gasteiger charge is 2.28. The van der Waals surface area contributed by atoms with Crippen molar-refractivity contribution in [1.82, 2.24) is 9.88 Å². The van der Waals surface area contributed by atoms with Gasteiger partial charge in [-0.3, -0.25) is 4.79 Å². The Labute approximate surface area is 128 Å². The second-order valence-corrected chi connectivity index (χ2v) is 6.79. The maximum absolute atomic E-state index is 12.6. The van der Waals surface area contributed by atoms with E-state index in [4.69, 9.17) is 0 Å². The first-order valence-electron chi connectivity index (χ1n) is 7.42. The highest BCUT2D eigenvalue weighted by atomic mass is 32.1. The lowest BCUT2D eigenvalue weighted by molar-refractivity contribution is 0.0652. The fraction of sp³-hybridized carbons (Fsp3) is 0.500. The van der Waals surface area contributed by atoms with Gasteiger partial charge in [0.25, 0.3) is 5.91 Å². The van der Waals surface area contributed by atoms with Crippen LogP contribution in [-0.4, -0.2) is 40.6 Å². The minimum atomic E-state index is 0.0173. The summed E-state index contributed by atoms with van der Waals surface area (Å²) in [6.45, 7) is 0.266. The van der Waals surface area contributed by atoms with Gasteiger partial charge in [0.1, 0.15) is 0 Å². The van der Waals surface area contributed by atoms with Crippen LogP contribution in [0.5, 0.6) is 0 Å². The van der Waals surface area contributed by atoms with Gasteiger partial charge >= 0.3 is 0 Å². The molecule has 0 radical (unpaired) electrons. The van der Waals surface area contributed by atoms with Crippen LogP contribution in [0.2, 0.25) is 0 Å². The molecule has 1 aliphatic carbocycles. The molecule has 5 heteroatoms. The first-order chi connectivity index (χ1) is 10.2. The van der Waals surface area contributed by atoms with Gasteiger partial charge in [0.2, 0.25) is 0 Å².